The van der Waals surface area contributed by atoms with Crippen LogP contribution in [-0.4, -0.2) is 65.6 Å². The summed E-state index contributed by atoms with van der Waals surface area (Å²) in [6, 6.07) is 0.467. The molecule has 0 radical (unpaired) electrons. The van der Waals surface area contributed by atoms with E-state index in [1.165, 1.54) is 0 Å². The lowest BCUT2D eigenvalue weighted by atomic mass is 10.0. The summed E-state index contributed by atoms with van der Waals surface area (Å²) >= 11 is 3.43. The molecule has 6 heteroatoms. The van der Waals surface area contributed by atoms with Crippen LogP contribution in [0, 0.1) is 0 Å². The van der Waals surface area contributed by atoms with Crippen molar-refractivity contribution in [2.75, 3.05) is 33.7 Å². The molecule has 1 saturated heterocycles. The largest absolute Gasteiger partial charge is 0.307 e. The van der Waals surface area contributed by atoms with Crippen LogP contribution in [0.5, 0.6) is 0 Å². The highest BCUT2D eigenvalue weighted by Gasteiger charge is 2.26. The summed E-state index contributed by atoms with van der Waals surface area (Å²) in [6.45, 7) is 2.71. The number of carbonyl (C=O) groups is 1. The SMILES string of the molecule is CN(C)CC(C=O)N1CCC(n2cc(Br)cn2)CC1. The third-order valence-corrected chi connectivity index (χ3v) is 4.03. The second-order valence-electron chi connectivity index (χ2n) is 5.37. The van der Waals surface area contributed by atoms with Gasteiger partial charge in [-0.05, 0) is 42.9 Å². The molecule has 5 nitrogen and oxygen atoms in total. The fourth-order valence-electron chi connectivity index (χ4n) is 2.62. The monoisotopic (exact) mass is 328 g/mol. The predicted octanol–water partition coefficient (Wildman–Crippen LogP) is 1.41. The fraction of sp³-hybridized carbons (Fsp3) is 0.692. The Bertz CT molecular complexity index is 413. The first-order valence-electron chi connectivity index (χ1n) is 6.64. The van der Waals surface area contributed by atoms with Crippen LogP contribution < -0.4 is 0 Å². The maximum absolute atomic E-state index is 11.2. The fourth-order valence-corrected chi connectivity index (χ4v) is 2.92. The lowest BCUT2D eigenvalue weighted by molar-refractivity contribution is -0.113. The highest BCUT2D eigenvalue weighted by molar-refractivity contribution is 9.10. The maximum atomic E-state index is 11.2. The number of hydrogen-bond acceptors (Lipinski definition) is 4. The lowest BCUT2D eigenvalue weighted by Gasteiger charge is -2.36. The second kappa shape index (κ2) is 6.63. The van der Waals surface area contributed by atoms with Crippen molar-refractivity contribution in [3.8, 4) is 0 Å². The van der Waals surface area contributed by atoms with E-state index in [9.17, 15) is 4.79 Å². The first-order chi connectivity index (χ1) is 9.10. The molecule has 1 fully saturated rings. The number of carbonyl (C=O) groups excluding carboxylic acids is 1. The highest BCUT2D eigenvalue weighted by atomic mass is 79.9. The van der Waals surface area contributed by atoms with Gasteiger partial charge in [-0.1, -0.05) is 0 Å². The van der Waals surface area contributed by atoms with Gasteiger partial charge in [0.05, 0.1) is 22.8 Å². The van der Waals surface area contributed by atoms with E-state index in [1.54, 1.807) is 0 Å². The number of piperidine rings is 1. The minimum atomic E-state index is 0.0142. The Morgan fingerprint density at radius 3 is 2.68 bits per heavy atom. The molecule has 0 saturated carbocycles. The van der Waals surface area contributed by atoms with Gasteiger partial charge in [-0.3, -0.25) is 9.58 Å². The van der Waals surface area contributed by atoms with Crippen LogP contribution in [0.4, 0.5) is 0 Å². The predicted molar refractivity (Wildman–Crippen MR) is 78.2 cm³/mol. The van der Waals surface area contributed by atoms with E-state index in [-0.39, 0.29) is 6.04 Å². The topological polar surface area (TPSA) is 41.4 Å². The number of nitrogens with zero attached hydrogens (tertiary/aromatic N) is 4. The first kappa shape index (κ1) is 14.7. The zero-order chi connectivity index (χ0) is 13.8. The van der Waals surface area contributed by atoms with Crippen molar-refractivity contribution in [2.45, 2.75) is 24.9 Å². The van der Waals surface area contributed by atoms with Gasteiger partial charge < -0.3 is 9.69 Å². The number of halogens is 1. The molecule has 2 heterocycles. The molecule has 1 atom stereocenters. The Labute approximate surface area is 122 Å². The van der Waals surface area contributed by atoms with E-state index in [0.29, 0.717) is 6.04 Å². The molecule has 0 spiro atoms. The number of aldehydes is 1. The molecule has 1 aromatic heterocycles. The van der Waals surface area contributed by atoms with Crippen molar-refractivity contribution in [1.29, 1.82) is 0 Å². The van der Waals surface area contributed by atoms with Crippen molar-refractivity contribution < 1.29 is 4.79 Å². The molecule has 106 valence electrons. The summed E-state index contributed by atoms with van der Waals surface area (Å²) in [5.41, 5.74) is 0. The summed E-state index contributed by atoms with van der Waals surface area (Å²) in [5.74, 6) is 0. The third-order valence-electron chi connectivity index (χ3n) is 3.62. The summed E-state index contributed by atoms with van der Waals surface area (Å²) < 4.78 is 3.05. The minimum Gasteiger partial charge on any atom is -0.307 e. The highest BCUT2D eigenvalue weighted by Crippen LogP contribution is 2.24. The molecule has 1 aliphatic heterocycles. The summed E-state index contributed by atoms with van der Waals surface area (Å²) in [5, 5.41) is 4.35. The average Bonchev–Trinajstić information content (AvgIpc) is 2.83. The standard InChI is InChI=1S/C13H21BrN4O/c1-16(2)9-13(10-19)17-5-3-12(4-6-17)18-8-11(14)7-15-18/h7-8,10,12-13H,3-6,9H2,1-2H3. The van der Waals surface area contributed by atoms with Gasteiger partial charge in [0.2, 0.25) is 0 Å². The van der Waals surface area contributed by atoms with Crippen LogP contribution in [0.25, 0.3) is 0 Å². The summed E-state index contributed by atoms with van der Waals surface area (Å²) in [7, 11) is 4.01. The number of likely N-dealkylation sites (N-methyl/N-ethyl adjacent to an activating group) is 1. The van der Waals surface area contributed by atoms with Gasteiger partial charge in [0.25, 0.3) is 0 Å². The number of hydrogen-bond donors (Lipinski definition) is 0. The zero-order valence-corrected chi connectivity index (χ0v) is 13.1. The van der Waals surface area contributed by atoms with E-state index >= 15 is 0 Å². The molecule has 2 rings (SSSR count). The van der Waals surface area contributed by atoms with Crippen molar-refractivity contribution in [2.24, 2.45) is 0 Å². The van der Waals surface area contributed by atoms with Crippen LogP contribution in [0.15, 0.2) is 16.9 Å². The Kier molecular flexibility index (Phi) is 5.13. The zero-order valence-electron chi connectivity index (χ0n) is 11.5. The molecular weight excluding hydrogens is 308 g/mol. The molecule has 0 aliphatic carbocycles. The van der Waals surface area contributed by atoms with Crippen molar-refractivity contribution in [3.05, 3.63) is 16.9 Å². The second-order valence-corrected chi connectivity index (χ2v) is 6.29. The van der Waals surface area contributed by atoms with Gasteiger partial charge in [-0.2, -0.15) is 5.10 Å². The normalized spacial score (nSPS) is 19.8. The summed E-state index contributed by atoms with van der Waals surface area (Å²) in [4.78, 5) is 15.5. The average molecular weight is 329 g/mol. The van der Waals surface area contributed by atoms with Gasteiger partial charge in [-0.25, -0.2) is 0 Å². The third kappa shape index (κ3) is 3.87. The smallest absolute Gasteiger partial charge is 0.138 e. The van der Waals surface area contributed by atoms with E-state index in [0.717, 1.165) is 43.2 Å². The Hall–Kier alpha value is -0.720. The molecule has 0 aromatic carbocycles. The van der Waals surface area contributed by atoms with Crippen LogP contribution >= 0.6 is 15.9 Å². The molecule has 1 aliphatic rings. The molecule has 19 heavy (non-hydrogen) atoms. The van der Waals surface area contributed by atoms with E-state index in [1.807, 2.05) is 31.2 Å². The van der Waals surface area contributed by atoms with Crippen LogP contribution in [0.3, 0.4) is 0 Å². The maximum Gasteiger partial charge on any atom is 0.138 e. The Morgan fingerprint density at radius 2 is 2.21 bits per heavy atom. The first-order valence-corrected chi connectivity index (χ1v) is 7.43. The molecule has 1 aromatic rings. The quantitative estimate of drug-likeness (QED) is 0.766. The van der Waals surface area contributed by atoms with Crippen LogP contribution in [0.1, 0.15) is 18.9 Å². The van der Waals surface area contributed by atoms with Crippen molar-refractivity contribution in [1.82, 2.24) is 19.6 Å². The Balaban J connectivity index is 1.89. The van der Waals surface area contributed by atoms with Crippen LogP contribution in [-0.2, 0) is 4.79 Å². The Morgan fingerprint density at radius 1 is 1.53 bits per heavy atom. The van der Waals surface area contributed by atoms with Gasteiger partial charge in [0, 0.05) is 25.8 Å². The molecule has 0 N–H and O–H groups in total. The van der Waals surface area contributed by atoms with Crippen molar-refractivity contribution >= 4 is 22.2 Å². The van der Waals surface area contributed by atoms with E-state index in [2.05, 4.69) is 30.8 Å². The summed E-state index contributed by atoms with van der Waals surface area (Å²) in [6.07, 6.45) is 7.02. The number of likely N-dealkylation sites (tertiary alicyclic amines) is 1. The molecule has 1 unspecified atom stereocenters. The van der Waals surface area contributed by atoms with E-state index in [4.69, 9.17) is 0 Å². The molecule has 0 amide bonds. The molecular formula is C13H21BrN4O. The van der Waals surface area contributed by atoms with Gasteiger partial charge in [0.1, 0.15) is 6.29 Å². The van der Waals surface area contributed by atoms with Crippen LogP contribution in [0.2, 0.25) is 0 Å². The lowest BCUT2D eigenvalue weighted by Crippen LogP contribution is -2.47. The van der Waals surface area contributed by atoms with Crippen molar-refractivity contribution in [3.63, 3.8) is 0 Å². The van der Waals surface area contributed by atoms with Gasteiger partial charge in [0.15, 0.2) is 0 Å². The number of rotatable bonds is 5. The van der Waals surface area contributed by atoms with E-state index < -0.39 is 0 Å². The minimum absolute atomic E-state index is 0.0142. The molecule has 0 bridgehead atoms. The van der Waals surface area contributed by atoms with Gasteiger partial charge in [-0.15, -0.1) is 0 Å². The number of aromatic nitrogens is 2. The van der Waals surface area contributed by atoms with Gasteiger partial charge >= 0.3 is 0 Å².